The zero-order chi connectivity index (χ0) is 13.1. The summed E-state index contributed by atoms with van der Waals surface area (Å²) in [6.07, 6.45) is -6.24. The van der Waals surface area contributed by atoms with Crippen LogP contribution < -0.4 is 0 Å². The summed E-state index contributed by atoms with van der Waals surface area (Å²) in [4.78, 5) is 0. The van der Waals surface area contributed by atoms with Gasteiger partial charge >= 0.3 is 6.18 Å². The number of halogens is 4. The summed E-state index contributed by atoms with van der Waals surface area (Å²) in [5, 5.41) is 19.7. The molecule has 0 aliphatic carbocycles. The van der Waals surface area contributed by atoms with E-state index >= 15 is 0 Å². The second kappa shape index (κ2) is 5.84. The predicted octanol–water partition coefficient (Wildman–Crippen LogP) is 2.88. The van der Waals surface area contributed by atoms with Gasteiger partial charge < -0.3 is 10.2 Å². The molecule has 0 radical (unpaired) electrons. The van der Waals surface area contributed by atoms with Gasteiger partial charge in [-0.05, 0) is 24.1 Å². The first-order valence-electron chi connectivity index (χ1n) is 4.95. The van der Waals surface area contributed by atoms with Crippen molar-refractivity contribution in [3.63, 3.8) is 0 Å². The van der Waals surface area contributed by atoms with Crippen LogP contribution in [-0.2, 0) is 6.18 Å². The van der Waals surface area contributed by atoms with Gasteiger partial charge in [0.15, 0.2) is 0 Å². The summed E-state index contributed by atoms with van der Waals surface area (Å²) < 4.78 is 36.8. The van der Waals surface area contributed by atoms with Gasteiger partial charge in [-0.25, -0.2) is 0 Å². The third kappa shape index (κ3) is 3.97. The Bertz CT molecular complexity index is 351. The lowest BCUT2D eigenvalue weighted by Gasteiger charge is -2.17. The minimum absolute atomic E-state index is 0.270. The van der Waals surface area contributed by atoms with Crippen molar-refractivity contribution < 1.29 is 23.4 Å². The lowest BCUT2D eigenvalue weighted by atomic mass is 10.0. The second-order valence-electron chi connectivity index (χ2n) is 3.61. The Morgan fingerprint density at radius 3 is 2.06 bits per heavy atom. The van der Waals surface area contributed by atoms with E-state index in [1.807, 2.05) is 0 Å². The molecular weight excluding hydrogens is 301 g/mol. The normalized spacial score (nSPS) is 15.6. The molecule has 0 heterocycles. The first kappa shape index (κ1) is 14.5. The molecule has 1 rings (SSSR count). The molecule has 0 saturated carbocycles. The Kier molecular flexibility index (Phi) is 4.97. The van der Waals surface area contributed by atoms with Gasteiger partial charge in [0.05, 0.1) is 11.7 Å². The van der Waals surface area contributed by atoms with Crippen LogP contribution in [0.5, 0.6) is 0 Å². The fraction of sp³-hybridized carbons (Fsp3) is 0.455. The highest BCUT2D eigenvalue weighted by molar-refractivity contribution is 9.09. The average molecular weight is 313 g/mol. The number of aliphatic hydroxyl groups excluding tert-OH is 2. The summed E-state index contributed by atoms with van der Waals surface area (Å²) in [6, 6.07) is 4.12. The number of rotatable bonds is 4. The Hall–Kier alpha value is -0.590. The van der Waals surface area contributed by atoms with Crippen molar-refractivity contribution in [3.8, 4) is 0 Å². The molecule has 1 aromatic rings. The topological polar surface area (TPSA) is 40.5 Å². The molecule has 2 nitrogen and oxygen atoms in total. The molecule has 2 atom stereocenters. The Balaban J connectivity index is 2.80. The lowest BCUT2D eigenvalue weighted by Crippen LogP contribution is -2.18. The summed E-state index contributed by atoms with van der Waals surface area (Å²) >= 11 is 3.11. The van der Waals surface area contributed by atoms with E-state index in [0.717, 1.165) is 12.1 Å². The molecule has 2 unspecified atom stereocenters. The molecule has 0 saturated heterocycles. The van der Waals surface area contributed by atoms with Gasteiger partial charge in [-0.1, -0.05) is 28.1 Å². The summed E-state index contributed by atoms with van der Waals surface area (Å²) in [5.74, 6) is 0. The maximum Gasteiger partial charge on any atom is 0.416 e. The number of aliphatic hydroxyl groups is 2. The van der Waals surface area contributed by atoms with Crippen LogP contribution in [0, 0.1) is 0 Å². The Labute approximate surface area is 105 Å². The summed E-state index contributed by atoms with van der Waals surface area (Å²) in [7, 11) is 0. The van der Waals surface area contributed by atoms with Crippen molar-refractivity contribution in [2.75, 3.05) is 5.33 Å². The van der Waals surface area contributed by atoms with E-state index in [9.17, 15) is 23.4 Å². The van der Waals surface area contributed by atoms with Crippen molar-refractivity contribution in [3.05, 3.63) is 35.4 Å². The van der Waals surface area contributed by atoms with Crippen molar-refractivity contribution in [1.29, 1.82) is 0 Å². The zero-order valence-electron chi connectivity index (χ0n) is 8.78. The summed E-state index contributed by atoms with van der Waals surface area (Å²) in [5.41, 5.74) is -0.505. The summed E-state index contributed by atoms with van der Waals surface area (Å²) in [6.45, 7) is 0. The fourth-order valence-corrected chi connectivity index (χ4v) is 1.83. The van der Waals surface area contributed by atoms with Gasteiger partial charge in [0.2, 0.25) is 0 Å². The van der Waals surface area contributed by atoms with Crippen LogP contribution in [0.25, 0.3) is 0 Å². The molecule has 2 N–H and O–H groups in total. The van der Waals surface area contributed by atoms with Crippen LogP contribution >= 0.6 is 15.9 Å². The third-order valence-corrected chi connectivity index (χ3v) is 2.81. The van der Waals surface area contributed by atoms with Crippen LogP contribution in [0.15, 0.2) is 24.3 Å². The number of benzene rings is 1. The van der Waals surface area contributed by atoms with E-state index in [1.54, 1.807) is 0 Å². The monoisotopic (exact) mass is 312 g/mol. The third-order valence-electron chi connectivity index (χ3n) is 2.35. The highest BCUT2D eigenvalue weighted by Gasteiger charge is 2.30. The average Bonchev–Trinajstić information content (AvgIpc) is 2.27. The van der Waals surface area contributed by atoms with E-state index in [1.165, 1.54) is 12.1 Å². The SMILES string of the molecule is OC(CCBr)C(O)c1ccc(C(F)(F)F)cc1. The van der Waals surface area contributed by atoms with Crippen LogP contribution in [0.1, 0.15) is 23.7 Å². The molecule has 0 aliphatic heterocycles. The molecule has 17 heavy (non-hydrogen) atoms. The molecular formula is C11H12BrF3O2. The van der Waals surface area contributed by atoms with Crippen molar-refractivity contribution in [2.45, 2.75) is 24.8 Å². The van der Waals surface area contributed by atoms with Crippen LogP contribution in [0.4, 0.5) is 13.2 Å². The smallest absolute Gasteiger partial charge is 0.390 e. The van der Waals surface area contributed by atoms with Crippen molar-refractivity contribution in [1.82, 2.24) is 0 Å². The van der Waals surface area contributed by atoms with Crippen LogP contribution in [-0.4, -0.2) is 21.6 Å². The largest absolute Gasteiger partial charge is 0.416 e. The van der Waals surface area contributed by atoms with Gasteiger partial charge in [-0.15, -0.1) is 0 Å². The first-order valence-corrected chi connectivity index (χ1v) is 6.07. The van der Waals surface area contributed by atoms with Crippen molar-refractivity contribution >= 4 is 15.9 Å². The molecule has 96 valence electrons. The van der Waals surface area contributed by atoms with Crippen LogP contribution in [0.3, 0.4) is 0 Å². The van der Waals surface area contributed by atoms with E-state index in [2.05, 4.69) is 15.9 Å². The number of hydrogen-bond acceptors (Lipinski definition) is 2. The van der Waals surface area contributed by atoms with Crippen molar-refractivity contribution in [2.24, 2.45) is 0 Å². The Morgan fingerprint density at radius 2 is 1.65 bits per heavy atom. The molecule has 0 fully saturated rings. The Morgan fingerprint density at radius 1 is 1.12 bits per heavy atom. The minimum Gasteiger partial charge on any atom is -0.390 e. The van der Waals surface area contributed by atoms with Gasteiger partial charge in [0.1, 0.15) is 6.10 Å². The second-order valence-corrected chi connectivity index (χ2v) is 4.40. The number of alkyl halides is 4. The van der Waals surface area contributed by atoms with Gasteiger partial charge in [0, 0.05) is 5.33 Å². The highest BCUT2D eigenvalue weighted by Crippen LogP contribution is 2.30. The maximum absolute atomic E-state index is 12.3. The molecule has 1 aromatic carbocycles. The first-order chi connectivity index (χ1) is 7.86. The van der Waals surface area contributed by atoms with Gasteiger partial charge in [-0.3, -0.25) is 0 Å². The maximum atomic E-state index is 12.3. The van der Waals surface area contributed by atoms with E-state index in [-0.39, 0.29) is 5.56 Å². The zero-order valence-corrected chi connectivity index (χ0v) is 10.4. The quantitative estimate of drug-likeness (QED) is 0.839. The molecule has 0 aliphatic rings. The molecule has 6 heteroatoms. The minimum atomic E-state index is -4.39. The molecule has 0 aromatic heterocycles. The van der Waals surface area contributed by atoms with Gasteiger partial charge in [0.25, 0.3) is 0 Å². The standard InChI is InChI=1S/C11H12BrF3O2/c12-6-5-9(16)10(17)7-1-3-8(4-2-7)11(13,14)15/h1-4,9-10,16-17H,5-6H2. The highest BCUT2D eigenvalue weighted by atomic mass is 79.9. The predicted molar refractivity (Wildman–Crippen MR) is 60.8 cm³/mol. The number of hydrogen-bond donors (Lipinski definition) is 2. The lowest BCUT2D eigenvalue weighted by molar-refractivity contribution is -0.137. The molecule has 0 amide bonds. The molecule has 0 spiro atoms. The van der Waals surface area contributed by atoms with Gasteiger partial charge in [-0.2, -0.15) is 13.2 Å². The fourth-order valence-electron chi connectivity index (χ4n) is 1.36. The van der Waals surface area contributed by atoms with E-state index in [4.69, 9.17) is 0 Å². The van der Waals surface area contributed by atoms with E-state index < -0.39 is 23.9 Å². The van der Waals surface area contributed by atoms with E-state index in [0.29, 0.717) is 11.8 Å². The van der Waals surface area contributed by atoms with Crippen LogP contribution in [0.2, 0.25) is 0 Å². The molecule has 0 bridgehead atoms.